The average Bonchev–Trinajstić information content (AvgIpc) is 2.05. The van der Waals surface area contributed by atoms with Crippen molar-refractivity contribution in [1.29, 1.82) is 0 Å². The van der Waals surface area contributed by atoms with Crippen molar-refractivity contribution in [3.63, 3.8) is 0 Å². The Kier molecular flexibility index (Phi) is 3.19. The minimum absolute atomic E-state index is 0.933. The molecule has 0 saturated carbocycles. The Balaban J connectivity index is 2.71. The minimum Gasteiger partial charge on any atom is -0.360 e. The van der Waals surface area contributed by atoms with E-state index in [1.54, 1.807) is 0 Å². The number of rotatable bonds is 3. The molecule has 0 fully saturated rings. The lowest BCUT2D eigenvalue weighted by Gasteiger charge is -2.04. The highest BCUT2D eigenvalue weighted by Crippen LogP contribution is 2.16. The number of nitrogens with two attached hydrogens (primary N) is 1. The topological polar surface area (TPSA) is 38.0 Å². The van der Waals surface area contributed by atoms with E-state index in [9.17, 15) is 0 Å². The number of anilines is 1. The number of hydrogen-bond donors (Lipinski definition) is 2. The molecule has 0 amide bonds. The van der Waals surface area contributed by atoms with Crippen molar-refractivity contribution in [3.05, 3.63) is 36.5 Å². The van der Waals surface area contributed by atoms with Gasteiger partial charge in [0.2, 0.25) is 0 Å². The van der Waals surface area contributed by atoms with E-state index in [0.29, 0.717) is 0 Å². The second kappa shape index (κ2) is 4.18. The fraction of sp³-hybridized carbons (Fsp3) is 0.111. The van der Waals surface area contributed by atoms with Crippen LogP contribution in [0.4, 0.5) is 5.69 Å². The lowest BCUT2D eigenvalue weighted by atomic mass is 10.3. The molecule has 3 heteroatoms. The van der Waals surface area contributed by atoms with E-state index in [0.717, 1.165) is 16.3 Å². The van der Waals surface area contributed by atoms with Gasteiger partial charge < -0.3 is 5.32 Å². The van der Waals surface area contributed by atoms with Gasteiger partial charge >= 0.3 is 0 Å². The largest absolute Gasteiger partial charge is 0.360 e. The van der Waals surface area contributed by atoms with Crippen LogP contribution in [-0.2, 0) is 0 Å². The van der Waals surface area contributed by atoms with Gasteiger partial charge in [-0.2, -0.15) is 0 Å². The molecule has 1 aromatic carbocycles. The molecule has 0 heterocycles. The van der Waals surface area contributed by atoms with Gasteiger partial charge in [-0.1, -0.05) is 6.58 Å². The summed E-state index contributed by atoms with van der Waals surface area (Å²) in [6.45, 7) is 5.67. The van der Waals surface area contributed by atoms with E-state index >= 15 is 0 Å². The molecule has 2 nitrogen and oxygen atoms in total. The Labute approximate surface area is 77.0 Å². The molecule has 64 valence electrons. The third-order valence-electron chi connectivity index (χ3n) is 1.35. The van der Waals surface area contributed by atoms with Crippen molar-refractivity contribution in [3.8, 4) is 0 Å². The van der Waals surface area contributed by atoms with Crippen LogP contribution in [0.2, 0.25) is 0 Å². The molecule has 0 aliphatic carbocycles. The summed E-state index contributed by atoms with van der Waals surface area (Å²) in [7, 11) is 0. The lowest BCUT2D eigenvalue weighted by molar-refractivity contribution is 1.37. The summed E-state index contributed by atoms with van der Waals surface area (Å²) < 4.78 is 0. The number of nitrogens with one attached hydrogen (secondary N) is 1. The smallest absolute Gasteiger partial charge is 0.0382 e. The Morgan fingerprint density at radius 1 is 1.42 bits per heavy atom. The fourth-order valence-electron chi connectivity index (χ4n) is 0.863. The molecular formula is C9H12N2S. The maximum Gasteiger partial charge on any atom is 0.0382 e. The Hall–Kier alpha value is -0.930. The third kappa shape index (κ3) is 2.60. The van der Waals surface area contributed by atoms with E-state index in [-0.39, 0.29) is 0 Å². The summed E-state index contributed by atoms with van der Waals surface area (Å²) in [6.07, 6.45) is 0. The monoisotopic (exact) mass is 180 g/mol. The van der Waals surface area contributed by atoms with Gasteiger partial charge in [0.25, 0.3) is 0 Å². The highest BCUT2D eigenvalue weighted by Gasteiger charge is 1.91. The Morgan fingerprint density at radius 3 is 2.42 bits per heavy atom. The van der Waals surface area contributed by atoms with E-state index in [4.69, 9.17) is 5.14 Å². The molecule has 12 heavy (non-hydrogen) atoms. The van der Waals surface area contributed by atoms with Gasteiger partial charge in [0.15, 0.2) is 0 Å². The second-order valence-electron chi connectivity index (χ2n) is 2.55. The van der Waals surface area contributed by atoms with Gasteiger partial charge in [-0.3, -0.25) is 5.14 Å². The highest BCUT2D eigenvalue weighted by molar-refractivity contribution is 7.97. The predicted octanol–water partition coefficient (Wildman–Crippen LogP) is 2.60. The number of hydrogen-bond acceptors (Lipinski definition) is 3. The molecule has 0 saturated heterocycles. The maximum absolute atomic E-state index is 5.38. The molecule has 3 N–H and O–H groups in total. The van der Waals surface area contributed by atoms with Crippen molar-refractivity contribution >= 4 is 17.6 Å². The molecule has 0 aliphatic heterocycles. The molecule has 0 aromatic heterocycles. The van der Waals surface area contributed by atoms with Crippen molar-refractivity contribution in [1.82, 2.24) is 0 Å². The third-order valence-corrected chi connectivity index (χ3v) is 1.89. The summed E-state index contributed by atoms with van der Waals surface area (Å²) in [5.74, 6) is 0. The summed E-state index contributed by atoms with van der Waals surface area (Å²) >= 11 is 1.25. The average molecular weight is 180 g/mol. The van der Waals surface area contributed by atoms with E-state index in [1.807, 2.05) is 31.2 Å². The zero-order valence-corrected chi connectivity index (χ0v) is 7.82. The minimum atomic E-state index is 0.933. The van der Waals surface area contributed by atoms with Crippen LogP contribution in [0.25, 0.3) is 0 Å². The van der Waals surface area contributed by atoms with Gasteiger partial charge in [-0.25, -0.2) is 0 Å². The van der Waals surface area contributed by atoms with Crippen LogP contribution in [-0.4, -0.2) is 0 Å². The molecule has 0 atom stereocenters. The fourth-order valence-corrected chi connectivity index (χ4v) is 1.16. The van der Waals surface area contributed by atoms with Crippen molar-refractivity contribution in [2.75, 3.05) is 5.32 Å². The van der Waals surface area contributed by atoms with E-state index in [2.05, 4.69) is 11.9 Å². The zero-order chi connectivity index (χ0) is 8.97. The SMILES string of the molecule is C=C(C)Nc1ccc(SN)cc1. The maximum atomic E-state index is 5.38. The predicted molar refractivity (Wildman–Crippen MR) is 54.9 cm³/mol. The molecule has 0 radical (unpaired) electrons. The summed E-state index contributed by atoms with van der Waals surface area (Å²) in [5, 5.41) is 8.49. The molecule has 0 spiro atoms. The number of allylic oxidation sites excluding steroid dienone is 1. The van der Waals surface area contributed by atoms with E-state index in [1.165, 1.54) is 11.9 Å². The van der Waals surface area contributed by atoms with Crippen LogP contribution in [0.15, 0.2) is 41.4 Å². The van der Waals surface area contributed by atoms with Crippen molar-refractivity contribution in [2.45, 2.75) is 11.8 Å². The zero-order valence-electron chi connectivity index (χ0n) is 7.00. The molecule has 0 unspecified atom stereocenters. The van der Waals surface area contributed by atoms with E-state index < -0.39 is 0 Å². The molecule has 1 rings (SSSR count). The highest BCUT2D eigenvalue weighted by atomic mass is 32.2. The summed E-state index contributed by atoms with van der Waals surface area (Å²) in [4.78, 5) is 1.06. The van der Waals surface area contributed by atoms with Crippen LogP contribution in [0.3, 0.4) is 0 Å². The Morgan fingerprint density at radius 2 is 2.00 bits per heavy atom. The van der Waals surface area contributed by atoms with Gasteiger partial charge in [0.05, 0.1) is 0 Å². The van der Waals surface area contributed by atoms with Crippen molar-refractivity contribution in [2.24, 2.45) is 5.14 Å². The normalized spacial score (nSPS) is 9.50. The van der Waals surface area contributed by atoms with Gasteiger partial charge in [-0.15, -0.1) is 0 Å². The van der Waals surface area contributed by atoms with Crippen LogP contribution in [0.5, 0.6) is 0 Å². The van der Waals surface area contributed by atoms with Gasteiger partial charge in [0.1, 0.15) is 0 Å². The first-order valence-corrected chi connectivity index (χ1v) is 4.49. The van der Waals surface area contributed by atoms with Crippen LogP contribution >= 0.6 is 11.9 Å². The van der Waals surface area contributed by atoms with Gasteiger partial charge in [-0.05, 0) is 43.1 Å². The van der Waals surface area contributed by atoms with Crippen LogP contribution < -0.4 is 10.5 Å². The first-order chi connectivity index (χ1) is 5.72. The quantitative estimate of drug-likeness (QED) is 0.702. The van der Waals surface area contributed by atoms with Crippen molar-refractivity contribution < 1.29 is 0 Å². The standard InChI is InChI=1S/C9H12N2S/c1-7(2)11-8-3-5-9(12-10)6-4-8/h3-6,11H,1,10H2,2H3. The van der Waals surface area contributed by atoms with Crippen LogP contribution in [0.1, 0.15) is 6.92 Å². The summed E-state index contributed by atoms with van der Waals surface area (Å²) in [5.41, 5.74) is 1.98. The lowest BCUT2D eigenvalue weighted by Crippen LogP contribution is -1.92. The first kappa shape index (κ1) is 9.16. The Bertz CT molecular complexity index is 266. The van der Waals surface area contributed by atoms with Gasteiger partial charge in [0, 0.05) is 16.3 Å². The second-order valence-corrected chi connectivity index (χ2v) is 3.25. The molecule has 1 aromatic rings. The molecule has 0 aliphatic rings. The first-order valence-electron chi connectivity index (χ1n) is 3.61. The molecular weight excluding hydrogens is 168 g/mol. The molecule has 0 bridgehead atoms. The summed E-state index contributed by atoms with van der Waals surface area (Å²) in [6, 6.07) is 7.89. The number of benzene rings is 1. The van der Waals surface area contributed by atoms with Crippen LogP contribution in [0, 0.1) is 0 Å².